The lowest BCUT2D eigenvalue weighted by Crippen LogP contribution is -2.08. The number of fused-ring (bicyclic) bond motifs is 8. The molecule has 0 radical (unpaired) electrons. The summed E-state index contributed by atoms with van der Waals surface area (Å²) >= 11 is 0. The van der Waals surface area contributed by atoms with Crippen LogP contribution >= 0.6 is 0 Å². The Kier molecular flexibility index (Phi) is 9.00. The van der Waals surface area contributed by atoms with Crippen molar-refractivity contribution in [1.29, 1.82) is 0 Å². The number of esters is 2. The van der Waals surface area contributed by atoms with E-state index < -0.39 is 0 Å². The van der Waals surface area contributed by atoms with Crippen molar-refractivity contribution in [1.82, 2.24) is 19.9 Å². The van der Waals surface area contributed by atoms with Gasteiger partial charge in [-0.25, -0.2) is 4.98 Å². The van der Waals surface area contributed by atoms with Gasteiger partial charge in [-0.1, -0.05) is 13.8 Å². The molecule has 45 heavy (non-hydrogen) atoms. The number of aryl methyl sites for hydroxylation is 6. The van der Waals surface area contributed by atoms with Crippen molar-refractivity contribution in [3.63, 3.8) is 0 Å². The zero-order valence-corrected chi connectivity index (χ0v) is 27.5. The van der Waals surface area contributed by atoms with E-state index in [1.54, 1.807) is 0 Å². The van der Waals surface area contributed by atoms with Crippen LogP contribution in [0.5, 0.6) is 0 Å². The van der Waals surface area contributed by atoms with Gasteiger partial charge in [0.1, 0.15) is 5.69 Å². The maximum absolute atomic E-state index is 14.2. The van der Waals surface area contributed by atoms with Crippen LogP contribution in [0.3, 0.4) is 0 Å². The van der Waals surface area contributed by atoms with E-state index in [1.807, 2.05) is 46.8 Å². The molecule has 0 saturated carbocycles. The van der Waals surface area contributed by atoms with Crippen LogP contribution < -0.4 is 5.43 Å². The number of carbonyl (C=O) groups excluding carboxylic acids is 2. The van der Waals surface area contributed by atoms with Crippen molar-refractivity contribution in [2.45, 2.75) is 80.1 Å². The molecule has 1 aliphatic heterocycles. The van der Waals surface area contributed by atoms with Crippen molar-refractivity contribution < 1.29 is 19.1 Å². The predicted octanol–water partition coefficient (Wildman–Crippen LogP) is 6.93. The van der Waals surface area contributed by atoms with E-state index in [0.29, 0.717) is 36.9 Å². The third-order valence-corrected chi connectivity index (χ3v) is 9.30. The second-order valence-electron chi connectivity index (χ2n) is 11.7. The number of nitrogens with one attached hydrogen (secondary N) is 3. The number of carbonyl (C=O) groups is 2. The van der Waals surface area contributed by atoms with Crippen LogP contribution in [-0.2, 0) is 38.3 Å². The minimum atomic E-state index is -0.284. The SMILES string of the molecule is CCC1=C(C)c2cc3[nH]c(cc4[nH]c(cc5[nH]c(c(CC)c5C)c(=O)c1n2)c(C)c4CCC(=O)OC)c(CCC(=O)OC)c3C. The summed E-state index contributed by atoms with van der Waals surface area (Å²) in [6.07, 6.45) is 2.80. The second-order valence-corrected chi connectivity index (χ2v) is 11.7. The average Bonchev–Trinajstić information content (AvgIpc) is 3.71. The molecule has 5 heterocycles. The fraction of sp³-hybridized carbons (Fsp3) is 0.389. The summed E-state index contributed by atoms with van der Waals surface area (Å²) in [6.45, 7) is 12.2. The van der Waals surface area contributed by atoms with Crippen molar-refractivity contribution in [2.24, 2.45) is 0 Å². The Morgan fingerprint density at radius 3 is 1.69 bits per heavy atom. The molecule has 1 aliphatic rings. The molecule has 9 heteroatoms. The molecule has 0 aromatic carbocycles. The van der Waals surface area contributed by atoms with Gasteiger partial charge < -0.3 is 24.4 Å². The monoisotopic (exact) mass is 610 g/mol. The first-order valence-corrected chi connectivity index (χ1v) is 15.6. The molecule has 0 amide bonds. The van der Waals surface area contributed by atoms with Crippen LogP contribution in [0.1, 0.15) is 84.8 Å². The molecule has 9 nitrogen and oxygen atoms in total. The third-order valence-electron chi connectivity index (χ3n) is 9.30. The van der Waals surface area contributed by atoms with Crippen LogP contribution in [0.25, 0.3) is 44.2 Å². The molecular weight excluding hydrogens is 568 g/mol. The number of aromatic amines is 3. The highest BCUT2D eigenvalue weighted by Crippen LogP contribution is 2.33. The molecular formula is C36H42N4O5. The number of hydrogen-bond donors (Lipinski definition) is 3. The topological polar surface area (TPSA) is 130 Å². The van der Waals surface area contributed by atoms with Gasteiger partial charge in [0.05, 0.1) is 25.4 Å². The van der Waals surface area contributed by atoms with E-state index in [1.165, 1.54) is 14.2 Å². The van der Waals surface area contributed by atoms with Crippen molar-refractivity contribution in [2.75, 3.05) is 14.2 Å². The van der Waals surface area contributed by atoms with Crippen molar-refractivity contribution in [3.05, 3.63) is 73.2 Å². The molecule has 3 N–H and O–H groups in total. The fourth-order valence-corrected chi connectivity index (χ4v) is 6.54. The molecule has 236 valence electrons. The zero-order valence-electron chi connectivity index (χ0n) is 27.5. The molecule has 0 fully saturated rings. The summed E-state index contributed by atoms with van der Waals surface area (Å²) in [4.78, 5) is 54.1. The smallest absolute Gasteiger partial charge is 0.305 e. The largest absolute Gasteiger partial charge is 0.469 e. The zero-order chi connectivity index (χ0) is 32.6. The number of nitrogens with zero attached hydrogens (tertiary/aromatic N) is 1. The summed E-state index contributed by atoms with van der Waals surface area (Å²) in [6, 6.07) is 6.09. The highest BCUT2D eigenvalue weighted by molar-refractivity contribution is 5.93. The highest BCUT2D eigenvalue weighted by atomic mass is 16.5. The molecule has 0 aliphatic carbocycles. The first-order chi connectivity index (χ1) is 21.5. The number of rotatable bonds is 8. The van der Waals surface area contributed by atoms with Crippen LogP contribution in [0.2, 0.25) is 0 Å². The van der Waals surface area contributed by atoms with Gasteiger partial charge >= 0.3 is 11.9 Å². The Bertz CT molecular complexity index is 2060. The van der Waals surface area contributed by atoms with Gasteiger partial charge in [0.25, 0.3) is 0 Å². The quantitative estimate of drug-likeness (QED) is 0.186. The summed E-state index contributed by atoms with van der Waals surface area (Å²) in [5.74, 6) is -0.566. The molecule has 0 spiro atoms. The van der Waals surface area contributed by atoms with E-state index in [2.05, 4.69) is 27.9 Å². The van der Waals surface area contributed by atoms with E-state index in [4.69, 9.17) is 14.5 Å². The predicted molar refractivity (Wildman–Crippen MR) is 180 cm³/mol. The first-order valence-electron chi connectivity index (χ1n) is 15.6. The van der Waals surface area contributed by atoms with E-state index in [9.17, 15) is 14.4 Å². The number of aromatic nitrogens is 4. The van der Waals surface area contributed by atoms with E-state index in [0.717, 1.165) is 77.8 Å². The number of H-pyrrole nitrogens is 3. The lowest BCUT2D eigenvalue weighted by atomic mass is 10.0. The summed E-state index contributed by atoms with van der Waals surface area (Å²) in [7, 11) is 2.79. The molecule has 0 atom stereocenters. The Hall–Kier alpha value is -4.66. The fourth-order valence-electron chi connectivity index (χ4n) is 6.54. The van der Waals surface area contributed by atoms with Crippen molar-refractivity contribution >= 4 is 56.2 Å². The van der Waals surface area contributed by atoms with Crippen LogP contribution in [0, 0.1) is 20.8 Å². The van der Waals surface area contributed by atoms with Crippen molar-refractivity contribution in [3.8, 4) is 0 Å². The number of ether oxygens (including phenoxy) is 2. The molecule has 0 unspecified atom stereocenters. The number of allylic oxidation sites excluding steroid dienone is 2. The van der Waals surface area contributed by atoms with E-state index in [-0.39, 0.29) is 30.2 Å². The van der Waals surface area contributed by atoms with Gasteiger partial charge in [0.2, 0.25) is 5.43 Å². The van der Waals surface area contributed by atoms with Gasteiger partial charge in [-0.3, -0.25) is 14.4 Å². The third kappa shape index (κ3) is 5.79. The number of hydrogen-bond acceptors (Lipinski definition) is 6. The van der Waals surface area contributed by atoms with Gasteiger partial charge in [-0.2, -0.15) is 0 Å². The lowest BCUT2D eigenvalue weighted by molar-refractivity contribution is -0.141. The second kappa shape index (κ2) is 12.8. The lowest BCUT2D eigenvalue weighted by Gasteiger charge is -2.02. The maximum Gasteiger partial charge on any atom is 0.305 e. The Morgan fingerprint density at radius 1 is 0.689 bits per heavy atom. The molecule has 4 aromatic rings. The average molecular weight is 611 g/mol. The molecule has 5 rings (SSSR count). The Balaban J connectivity index is 1.96. The van der Waals surface area contributed by atoms with E-state index >= 15 is 0 Å². The minimum Gasteiger partial charge on any atom is -0.469 e. The van der Waals surface area contributed by atoms with Gasteiger partial charge in [-0.15, -0.1) is 0 Å². The summed E-state index contributed by atoms with van der Waals surface area (Å²) in [5.41, 5.74) is 13.9. The standard InChI is InChI=1S/C36H42N4O5/c1-9-22-18(3)28-15-26-20(5)24(11-13-32(41)44-7)30(37-26)17-31-25(12-14-33(42)45-8)21(6)27(38-31)16-29-19(4)23(10-2)35(40-29)36(43)34(22)39-28/h15-17,37-39H,9-14H2,1-8H3. The Morgan fingerprint density at radius 2 is 1.18 bits per heavy atom. The molecule has 4 aromatic heterocycles. The number of methoxy groups -OCH3 is 2. The maximum atomic E-state index is 14.2. The minimum absolute atomic E-state index is 0.111. The van der Waals surface area contributed by atoms with Gasteiger partial charge in [0, 0.05) is 40.4 Å². The van der Waals surface area contributed by atoms with Crippen LogP contribution in [-0.4, -0.2) is 46.1 Å². The van der Waals surface area contributed by atoms with Crippen LogP contribution in [0.15, 0.2) is 23.0 Å². The summed E-state index contributed by atoms with van der Waals surface area (Å²) < 4.78 is 9.89. The normalized spacial score (nSPS) is 12.3. The molecule has 8 bridgehead atoms. The molecule has 0 saturated heterocycles. The van der Waals surface area contributed by atoms with Crippen LogP contribution in [0.4, 0.5) is 0 Å². The highest BCUT2D eigenvalue weighted by Gasteiger charge is 2.21. The first kappa shape index (κ1) is 31.8. The van der Waals surface area contributed by atoms with Gasteiger partial charge in [-0.05, 0) is 116 Å². The summed E-state index contributed by atoms with van der Waals surface area (Å²) in [5, 5.41) is 0. The van der Waals surface area contributed by atoms with Gasteiger partial charge in [0.15, 0.2) is 0 Å². The Labute approximate surface area is 262 Å².